The molecule has 0 atom stereocenters. The smallest absolute Gasteiger partial charge is 0.0184 e. The van der Waals surface area contributed by atoms with E-state index in [1.165, 1.54) is 10.8 Å². The van der Waals surface area contributed by atoms with Gasteiger partial charge in [0.25, 0.3) is 0 Å². The molecule has 2 rings (SSSR count). The first-order valence-electron chi connectivity index (χ1n) is 3.40. The van der Waals surface area contributed by atoms with Gasteiger partial charge in [0.15, 0.2) is 0 Å². The first kappa shape index (κ1) is 5.48. The molecule has 0 amide bonds. The standard InChI is InChI=1S/C10H8/c1-2-6-10-8-4-3-7-9(10)5-1/h1-8H/i1+1,2+1,5+1,6+1. The van der Waals surface area contributed by atoms with Crippen molar-refractivity contribution in [1.82, 2.24) is 0 Å². The Balaban J connectivity index is 2.89. The van der Waals surface area contributed by atoms with Crippen LogP contribution in [-0.4, -0.2) is 0 Å². The van der Waals surface area contributed by atoms with Crippen molar-refractivity contribution in [3.8, 4) is 0 Å². The molecule has 0 heterocycles. The fourth-order valence-electron chi connectivity index (χ4n) is 1.13. The number of rotatable bonds is 0. The molecular formula is C10H8. The molecule has 2 aromatic rings. The molecule has 0 aromatic heterocycles. The molecule has 0 fully saturated rings. The van der Waals surface area contributed by atoms with Crippen LogP contribution in [0.2, 0.25) is 0 Å². The van der Waals surface area contributed by atoms with Gasteiger partial charge in [0.05, 0.1) is 0 Å². The number of benzene rings is 2. The zero-order valence-corrected chi connectivity index (χ0v) is 5.62. The fourth-order valence-corrected chi connectivity index (χ4v) is 1.13. The highest BCUT2D eigenvalue weighted by atomic mass is 14.5. The van der Waals surface area contributed by atoms with Crippen LogP contribution < -0.4 is 0 Å². The van der Waals surface area contributed by atoms with Crippen molar-refractivity contribution in [3.63, 3.8) is 0 Å². The summed E-state index contributed by atoms with van der Waals surface area (Å²) in [6.45, 7) is 0. The number of fused-ring (bicyclic) bond motifs is 1. The summed E-state index contributed by atoms with van der Waals surface area (Å²) in [6.07, 6.45) is 0. The van der Waals surface area contributed by atoms with E-state index >= 15 is 0 Å². The lowest BCUT2D eigenvalue weighted by Crippen LogP contribution is -1.67. The largest absolute Gasteiger partial charge is 0.0616 e. The maximum absolute atomic E-state index is 2.12. The molecule has 0 aliphatic rings. The Labute approximate surface area is 60.1 Å². The Kier molecular flexibility index (Phi) is 1.17. The van der Waals surface area contributed by atoms with E-state index in [1.807, 2.05) is 0 Å². The second-order valence-corrected chi connectivity index (χ2v) is 2.35. The normalized spacial score (nSPS) is 10.0. The van der Waals surface area contributed by atoms with Crippen LogP contribution in [0, 0.1) is 0 Å². The molecule has 0 unspecified atom stereocenters. The SMILES string of the molecule is c1ccc2[13cH][13cH][13cH][13cH]c2c1. The average molecular weight is 132 g/mol. The molecule has 0 saturated carbocycles. The summed E-state index contributed by atoms with van der Waals surface area (Å²) in [5.41, 5.74) is 0. The molecule has 48 valence electrons. The Morgan fingerprint density at radius 3 is 1.10 bits per heavy atom. The average Bonchev–Trinajstić information content (AvgIpc) is 2.05. The zero-order chi connectivity index (χ0) is 6.81. The first-order valence-corrected chi connectivity index (χ1v) is 3.40. The Morgan fingerprint density at radius 1 is 0.500 bits per heavy atom. The summed E-state index contributed by atoms with van der Waals surface area (Å²) < 4.78 is 0. The maximum Gasteiger partial charge on any atom is -0.0184 e. The predicted molar refractivity (Wildman–Crippen MR) is 43.9 cm³/mol. The van der Waals surface area contributed by atoms with Crippen LogP contribution in [0.5, 0.6) is 0 Å². The van der Waals surface area contributed by atoms with E-state index < -0.39 is 0 Å². The summed E-state index contributed by atoms with van der Waals surface area (Å²) in [4.78, 5) is 0. The van der Waals surface area contributed by atoms with Crippen molar-refractivity contribution < 1.29 is 0 Å². The van der Waals surface area contributed by atoms with Gasteiger partial charge in [0, 0.05) is 0 Å². The minimum Gasteiger partial charge on any atom is -0.0616 e. The van der Waals surface area contributed by atoms with E-state index in [9.17, 15) is 0 Å². The van der Waals surface area contributed by atoms with E-state index in [4.69, 9.17) is 0 Å². The monoisotopic (exact) mass is 132 g/mol. The summed E-state index contributed by atoms with van der Waals surface area (Å²) in [7, 11) is 0. The minimum absolute atomic E-state index is 1.31. The van der Waals surface area contributed by atoms with Crippen molar-refractivity contribution >= 4 is 10.8 Å². The van der Waals surface area contributed by atoms with Crippen LogP contribution in [0.3, 0.4) is 0 Å². The number of hydrogen-bond acceptors (Lipinski definition) is 0. The minimum atomic E-state index is 1.31. The lowest BCUT2D eigenvalue weighted by atomic mass is 10.3. The first-order chi connectivity index (χ1) is 4.97. The van der Waals surface area contributed by atoms with Gasteiger partial charge in [-0.25, -0.2) is 0 Å². The van der Waals surface area contributed by atoms with Crippen LogP contribution in [0.25, 0.3) is 10.8 Å². The zero-order valence-electron chi connectivity index (χ0n) is 5.62. The van der Waals surface area contributed by atoms with E-state index in [-0.39, 0.29) is 0 Å². The van der Waals surface area contributed by atoms with Crippen LogP contribution in [0.1, 0.15) is 0 Å². The summed E-state index contributed by atoms with van der Waals surface area (Å²) in [5, 5.41) is 2.62. The van der Waals surface area contributed by atoms with Gasteiger partial charge in [-0.1, -0.05) is 48.5 Å². The Hall–Kier alpha value is -1.30. The highest BCUT2D eigenvalue weighted by Gasteiger charge is 1.85. The summed E-state index contributed by atoms with van der Waals surface area (Å²) in [5.74, 6) is 0. The third-order valence-electron chi connectivity index (χ3n) is 1.66. The Bertz CT molecular complexity index is 271. The number of hydrogen-bond donors (Lipinski definition) is 0. The van der Waals surface area contributed by atoms with E-state index in [1.54, 1.807) is 0 Å². The van der Waals surface area contributed by atoms with Gasteiger partial charge in [0.1, 0.15) is 0 Å². The molecule has 0 aliphatic carbocycles. The Morgan fingerprint density at radius 2 is 0.800 bits per heavy atom. The second kappa shape index (κ2) is 2.14. The molecule has 0 N–H and O–H groups in total. The summed E-state index contributed by atoms with van der Waals surface area (Å²) in [6, 6.07) is 16.7. The lowest BCUT2D eigenvalue weighted by Gasteiger charge is -1.92. The molecular weight excluding hydrogens is 124 g/mol. The molecule has 2 aromatic carbocycles. The highest BCUT2D eigenvalue weighted by Crippen LogP contribution is 2.11. The molecule has 0 aliphatic heterocycles. The van der Waals surface area contributed by atoms with Gasteiger partial charge in [-0.3, -0.25) is 0 Å². The lowest BCUT2D eigenvalue weighted by molar-refractivity contribution is 1.75. The molecule has 0 bridgehead atoms. The third-order valence-corrected chi connectivity index (χ3v) is 1.66. The van der Waals surface area contributed by atoms with Gasteiger partial charge in [-0.2, -0.15) is 0 Å². The predicted octanol–water partition coefficient (Wildman–Crippen LogP) is 2.84. The van der Waals surface area contributed by atoms with Crippen LogP contribution in [-0.2, 0) is 0 Å². The van der Waals surface area contributed by atoms with E-state index in [0.29, 0.717) is 0 Å². The van der Waals surface area contributed by atoms with E-state index in [2.05, 4.69) is 48.5 Å². The van der Waals surface area contributed by atoms with Gasteiger partial charge in [-0.05, 0) is 10.8 Å². The molecule has 0 radical (unpaired) electrons. The van der Waals surface area contributed by atoms with E-state index in [0.717, 1.165) is 0 Å². The van der Waals surface area contributed by atoms with Gasteiger partial charge >= 0.3 is 0 Å². The van der Waals surface area contributed by atoms with Crippen molar-refractivity contribution in [2.75, 3.05) is 0 Å². The fraction of sp³-hybridized carbons (Fsp3) is 0. The molecule has 0 heteroatoms. The summed E-state index contributed by atoms with van der Waals surface area (Å²) >= 11 is 0. The molecule has 0 nitrogen and oxygen atoms in total. The van der Waals surface area contributed by atoms with Gasteiger partial charge < -0.3 is 0 Å². The van der Waals surface area contributed by atoms with Crippen molar-refractivity contribution in [1.29, 1.82) is 0 Å². The molecule has 0 saturated heterocycles. The third kappa shape index (κ3) is 0.781. The quantitative estimate of drug-likeness (QED) is 0.517. The van der Waals surface area contributed by atoms with Crippen molar-refractivity contribution in [2.24, 2.45) is 0 Å². The van der Waals surface area contributed by atoms with Crippen molar-refractivity contribution in [2.45, 2.75) is 0 Å². The van der Waals surface area contributed by atoms with Crippen LogP contribution >= 0.6 is 0 Å². The maximum atomic E-state index is 2.12. The molecule has 10 heavy (non-hydrogen) atoms. The molecule has 0 spiro atoms. The van der Waals surface area contributed by atoms with Gasteiger partial charge in [0.2, 0.25) is 0 Å². The van der Waals surface area contributed by atoms with Crippen molar-refractivity contribution in [3.05, 3.63) is 48.5 Å². The second-order valence-electron chi connectivity index (χ2n) is 2.35. The topological polar surface area (TPSA) is 0 Å². The highest BCUT2D eigenvalue weighted by molar-refractivity contribution is 5.81. The van der Waals surface area contributed by atoms with Crippen LogP contribution in [0.4, 0.5) is 0 Å². The van der Waals surface area contributed by atoms with Gasteiger partial charge in [-0.15, -0.1) is 0 Å². The van der Waals surface area contributed by atoms with Crippen LogP contribution in [0.15, 0.2) is 48.5 Å².